The Morgan fingerprint density at radius 3 is 2.43 bits per heavy atom. The SMILES string of the molecule is CCC1CC2CC1C1C3CCC(C3)C21. The van der Waals surface area contributed by atoms with Crippen molar-refractivity contribution in [3.05, 3.63) is 0 Å². The van der Waals surface area contributed by atoms with Gasteiger partial charge in [0.1, 0.15) is 0 Å². The average molecular weight is 190 g/mol. The second kappa shape index (κ2) is 2.57. The van der Waals surface area contributed by atoms with E-state index in [0.29, 0.717) is 0 Å². The van der Waals surface area contributed by atoms with E-state index in [1.54, 1.807) is 32.1 Å². The third-order valence-corrected chi connectivity index (χ3v) is 6.40. The van der Waals surface area contributed by atoms with Gasteiger partial charge in [-0.3, -0.25) is 0 Å². The molecule has 4 bridgehead atoms. The molecule has 0 heteroatoms. The lowest BCUT2D eigenvalue weighted by molar-refractivity contribution is 0.103. The zero-order valence-electron chi connectivity index (χ0n) is 9.28. The molecule has 14 heavy (non-hydrogen) atoms. The van der Waals surface area contributed by atoms with Crippen molar-refractivity contribution in [2.45, 2.75) is 45.4 Å². The maximum absolute atomic E-state index is 2.42. The number of fused-ring (bicyclic) bond motifs is 9. The van der Waals surface area contributed by atoms with Crippen LogP contribution in [0.1, 0.15) is 45.4 Å². The smallest absolute Gasteiger partial charge is 0.0321 e. The van der Waals surface area contributed by atoms with Crippen LogP contribution in [0.4, 0.5) is 0 Å². The van der Waals surface area contributed by atoms with Crippen LogP contribution in [0.15, 0.2) is 0 Å². The van der Waals surface area contributed by atoms with E-state index in [-0.39, 0.29) is 0 Å². The summed E-state index contributed by atoms with van der Waals surface area (Å²) in [6, 6.07) is 0. The van der Waals surface area contributed by atoms with Crippen LogP contribution in [0.5, 0.6) is 0 Å². The minimum Gasteiger partial charge on any atom is -0.0651 e. The standard InChI is InChI=1S/C14H22/c1-2-8-5-11-7-12(8)14-10-4-3-9(6-10)13(11)14/h8-14H,2-7H2,1H3. The lowest BCUT2D eigenvalue weighted by Crippen LogP contribution is -2.32. The molecule has 0 nitrogen and oxygen atoms in total. The fourth-order valence-corrected chi connectivity index (χ4v) is 6.17. The highest BCUT2D eigenvalue weighted by Crippen LogP contribution is 2.69. The summed E-state index contributed by atoms with van der Waals surface area (Å²) >= 11 is 0. The molecule has 0 heterocycles. The summed E-state index contributed by atoms with van der Waals surface area (Å²) < 4.78 is 0. The molecule has 0 aromatic rings. The highest BCUT2D eigenvalue weighted by molar-refractivity contribution is 5.10. The number of rotatable bonds is 1. The van der Waals surface area contributed by atoms with E-state index in [9.17, 15) is 0 Å². The van der Waals surface area contributed by atoms with E-state index < -0.39 is 0 Å². The monoisotopic (exact) mass is 190 g/mol. The summed E-state index contributed by atoms with van der Waals surface area (Å²) in [6.45, 7) is 2.42. The summed E-state index contributed by atoms with van der Waals surface area (Å²) in [5.74, 6) is 8.34. The Labute approximate surface area is 87.5 Å². The lowest BCUT2D eigenvalue weighted by atomic mass is 9.67. The molecule has 0 radical (unpaired) electrons. The average Bonchev–Trinajstić information content (AvgIpc) is 2.94. The van der Waals surface area contributed by atoms with Gasteiger partial charge in [-0.25, -0.2) is 0 Å². The molecule has 0 aliphatic heterocycles. The lowest BCUT2D eigenvalue weighted by Gasteiger charge is -2.38. The molecule has 7 atom stereocenters. The van der Waals surface area contributed by atoms with E-state index >= 15 is 0 Å². The molecule has 4 aliphatic carbocycles. The molecule has 0 aromatic heterocycles. The van der Waals surface area contributed by atoms with Crippen LogP contribution in [-0.2, 0) is 0 Å². The van der Waals surface area contributed by atoms with Gasteiger partial charge in [0.15, 0.2) is 0 Å². The highest BCUT2D eigenvalue weighted by Gasteiger charge is 2.61. The third-order valence-electron chi connectivity index (χ3n) is 6.40. The van der Waals surface area contributed by atoms with Gasteiger partial charge < -0.3 is 0 Å². The van der Waals surface area contributed by atoms with Gasteiger partial charge in [-0.2, -0.15) is 0 Å². The van der Waals surface area contributed by atoms with Gasteiger partial charge in [0.05, 0.1) is 0 Å². The normalized spacial score (nSPS) is 63.6. The Hall–Kier alpha value is 0. The summed E-state index contributed by atoms with van der Waals surface area (Å²) in [7, 11) is 0. The van der Waals surface area contributed by atoms with E-state index in [0.717, 1.165) is 5.92 Å². The molecule has 4 rings (SSSR count). The first-order chi connectivity index (χ1) is 6.88. The topological polar surface area (TPSA) is 0 Å². The molecular weight excluding hydrogens is 168 g/mol. The summed E-state index contributed by atoms with van der Waals surface area (Å²) in [5.41, 5.74) is 0. The number of hydrogen-bond donors (Lipinski definition) is 0. The molecule has 0 saturated heterocycles. The molecule has 7 unspecified atom stereocenters. The van der Waals surface area contributed by atoms with Crippen LogP contribution in [0.2, 0.25) is 0 Å². The quantitative estimate of drug-likeness (QED) is 0.553. The Kier molecular flexibility index (Phi) is 1.50. The van der Waals surface area contributed by atoms with Crippen LogP contribution in [-0.4, -0.2) is 0 Å². The van der Waals surface area contributed by atoms with Crippen molar-refractivity contribution in [3.63, 3.8) is 0 Å². The van der Waals surface area contributed by atoms with Crippen LogP contribution in [0.3, 0.4) is 0 Å². The van der Waals surface area contributed by atoms with Crippen molar-refractivity contribution in [2.24, 2.45) is 41.4 Å². The van der Waals surface area contributed by atoms with E-state index in [4.69, 9.17) is 0 Å². The fourth-order valence-electron chi connectivity index (χ4n) is 6.17. The van der Waals surface area contributed by atoms with Gasteiger partial charge in [0, 0.05) is 0 Å². The zero-order valence-corrected chi connectivity index (χ0v) is 9.28. The van der Waals surface area contributed by atoms with Crippen molar-refractivity contribution < 1.29 is 0 Å². The number of hydrogen-bond acceptors (Lipinski definition) is 0. The molecule has 0 N–H and O–H groups in total. The Bertz CT molecular complexity index is 257. The van der Waals surface area contributed by atoms with Crippen molar-refractivity contribution >= 4 is 0 Å². The van der Waals surface area contributed by atoms with Crippen molar-refractivity contribution in [1.82, 2.24) is 0 Å². The fraction of sp³-hybridized carbons (Fsp3) is 1.00. The van der Waals surface area contributed by atoms with Crippen LogP contribution in [0, 0.1) is 41.4 Å². The van der Waals surface area contributed by atoms with Crippen molar-refractivity contribution in [3.8, 4) is 0 Å². The summed E-state index contributed by atoms with van der Waals surface area (Å²) in [5, 5.41) is 0. The van der Waals surface area contributed by atoms with Crippen LogP contribution in [0.25, 0.3) is 0 Å². The molecule has 4 saturated carbocycles. The second-order valence-corrected chi connectivity index (χ2v) is 6.55. The zero-order chi connectivity index (χ0) is 9.28. The van der Waals surface area contributed by atoms with Crippen molar-refractivity contribution in [2.75, 3.05) is 0 Å². The third kappa shape index (κ3) is 0.785. The maximum atomic E-state index is 2.42. The van der Waals surface area contributed by atoms with Gasteiger partial charge in [0.25, 0.3) is 0 Å². The minimum absolute atomic E-state index is 1.14. The van der Waals surface area contributed by atoms with Crippen LogP contribution >= 0.6 is 0 Å². The molecule has 78 valence electrons. The first-order valence-corrected chi connectivity index (χ1v) is 6.88. The van der Waals surface area contributed by atoms with Gasteiger partial charge in [-0.15, -0.1) is 0 Å². The largest absolute Gasteiger partial charge is 0.0651 e. The van der Waals surface area contributed by atoms with Gasteiger partial charge in [0.2, 0.25) is 0 Å². The van der Waals surface area contributed by atoms with Gasteiger partial charge in [-0.05, 0) is 73.5 Å². The molecule has 0 aromatic carbocycles. The van der Waals surface area contributed by atoms with E-state index in [1.165, 1.54) is 41.9 Å². The molecule has 0 spiro atoms. The molecule has 4 fully saturated rings. The first-order valence-electron chi connectivity index (χ1n) is 6.88. The second-order valence-electron chi connectivity index (χ2n) is 6.55. The highest BCUT2D eigenvalue weighted by atomic mass is 14.7. The van der Waals surface area contributed by atoms with Gasteiger partial charge in [-0.1, -0.05) is 13.3 Å². The van der Waals surface area contributed by atoms with E-state index in [2.05, 4.69) is 6.92 Å². The summed E-state index contributed by atoms with van der Waals surface area (Å²) in [4.78, 5) is 0. The van der Waals surface area contributed by atoms with E-state index in [1.807, 2.05) is 0 Å². The Morgan fingerprint density at radius 1 is 0.857 bits per heavy atom. The van der Waals surface area contributed by atoms with Crippen molar-refractivity contribution in [1.29, 1.82) is 0 Å². The van der Waals surface area contributed by atoms with Gasteiger partial charge >= 0.3 is 0 Å². The molecular formula is C14H22. The Morgan fingerprint density at radius 2 is 1.64 bits per heavy atom. The first kappa shape index (κ1) is 8.19. The minimum atomic E-state index is 1.14. The molecule has 4 aliphatic rings. The summed E-state index contributed by atoms with van der Waals surface area (Å²) in [6.07, 6.45) is 9.57. The predicted molar refractivity (Wildman–Crippen MR) is 57.8 cm³/mol. The van der Waals surface area contributed by atoms with Crippen LogP contribution < -0.4 is 0 Å². The maximum Gasteiger partial charge on any atom is -0.0321 e. The predicted octanol–water partition coefficient (Wildman–Crippen LogP) is 3.71. The molecule has 0 amide bonds. The Balaban J connectivity index is 1.68.